The Morgan fingerprint density at radius 1 is 1.17 bits per heavy atom. The maximum absolute atomic E-state index is 12.4. The number of benzene rings is 1. The highest BCUT2D eigenvalue weighted by molar-refractivity contribution is 7.83. The zero-order valence-corrected chi connectivity index (χ0v) is 13.8. The van der Waals surface area contributed by atoms with Crippen LogP contribution in [0.15, 0.2) is 51.6 Å². The van der Waals surface area contributed by atoms with E-state index in [1.807, 2.05) is 25.1 Å². The number of nitrogens with zero attached hydrogens (tertiary/aromatic N) is 1. The molecule has 0 amide bonds. The molecule has 5 nitrogen and oxygen atoms in total. The molecular weight excluding hydrogens is 314 g/mol. The molecule has 0 aliphatic carbocycles. The van der Waals surface area contributed by atoms with Gasteiger partial charge in [-0.1, -0.05) is 22.9 Å². The fourth-order valence-electron chi connectivity index (χ4n) is 2.32. The normalized spacial score (nSPS) is 12.3. The minimum absolute atomic E-state index is 0.321. The maximum Gasteiger partial charge on any atom is 0.202 e. The summed E-state index contributed by atoms with van der Waals surface area (Å²) in [4.78, 5) is 0. The minimum atomic E-state index is -1.11. The lowest BCUT2D eigenvalue weighted by Gasteiger charge is -2.08. The van der Waals surface area contributed by atoms with Gasteiger partial charge in [-0.3, -0.25) is 4.21 Å². The number of ether oxygens (including phenoxy) is 1. The SMILES string of the molecule is COc1ccc(C)cc1C[S@@](=O)Cc1cc(-c2ccco2)on1. The summed E-state index contributed by atoms with van der Waals surface area (Å²) in [6, 6.07) is 11.2. The standard InChI is InChI=1S/C17H17NO4S/c1-12-5-6-15(20-2)13(8-12)10-23(19)11-14-9-17(22-18-14)16-4-3-7-21-16/h3-9H,10-11H2,1-2H3/t23-/m1/s1. The summed E-state index contributed by atoms with van der Waals surface area (Å²) in [7, 11) is 0.507. The van der Waals surface area contributed by atoms with E-state index in [2.05, 4.69) is 5.16 Å². The van der Waals surface area contributed by atoms with Crippen molar-refractivity contribution >= 4 is 10.8 Å². The summed E-state index contributed by atoms with van der Waals surface area (Å²) < 4.78 is 28.2. The highest BCUT2D eigenvalue weighted by Gasteiger charge is 2.13. The Morgan fingerprint density at radius 3 is 2.78 bits per heavy atom. The van der Waals surface area contributed by atoms with Gasteiger partial charge in [0, 0.05) is 22.4 Å². The molecule has 0 aliphatic rings. The first-order chi connectivity index (χ1) is 11.2. The quantitative estimate of drug-likeness (QED) is 0.689. The smallest absolute Gasteiger partial charge is 0.202 e. The topological polar surface area (TPSA) is 65.5 Å². The third-order valence-electron chi connectivity index (χ3n) is 3.38. The van der Waals surface area contributed by atoms with Crippen LogP contribution in [-0.2, 0) is 22.3 Å². The van der Waals surface area contributed by atoms with E-state index in [9.17, 15) is 4.21 Å². The van der Waals surface area contributed by atoms with Gasteiger partial charge in [0.15, 0.2) is 5.76 Å². The van der Waals surface area contributed by atoms with Crippen molar-refractivity contribution in [3.63, 3.8) is 0 Å². The van der Waals surface area contributed by atoms with Crippen LogP contribution in [0.3, 0.4) is 0 Å². The van der Waals surface area contributed by atoms with Crippen molar-refractivity contribution < 1.29 is 17.9 Å². The van der Waals surface area contributed by atoms with Crippen molar-refractivity contribution in [2.45, 2.75) is 18.4 Å². The van der Waals surface area contributed by atoms with Gasteiger partial charge >= 0.3 is 0 Å². The maximum atomic E-state index is 12.4. The van der Waals surface area contributed by atoms with Gasteiger partial charge in [-0.25, -0.2) is 0 Å². The van der Waals surface area contributed by atoms with Crippen LogP contribution in [0.5, 0.6) is 5.75 Å². The van der Waals surface area contributed by atoms with Crippen LogP contribution in [0.1, 0.15) is 16.8 Å². The first-order valence-electron chi connectivity index (χ1n) is 7.13. The second kappa shape index (κ2) is 6.83. The fraction of sp³-hybridized carbons (Fsp3) is 0.235. The Hall–Kier alpha value is -2.34. The molecule has 2 heterocycles. The number of hydrogen-bond acceptors (Lipinski definition) is 5. The third kappa shape index (κ3) is 3.71. The van der Waals surface area contributed by atoms with Gasteiger partial charge in [0.05, 0.1) is 30.6 Å². The lowest BCUT2D eigenvalue weighted by atomic mass is 10.1. The number of rotatable bonds is 6. The van der Waals surface area contributed by atoms with Crippen molar-refractivity contribution in [3.8, 4) is 17.3 Å². The lowest BCUT2D eigenvalue weighted by molar-refractivity contribution is 0.411. The van der Waals surface area contributed by atoms with Gasteiger partial charge in [0.2, 0.25) is 5.76 Å². The summed E-state index contributed by atoms with van der Waals surface area (Å²) in [5, 5.41) is 3.95. The number of aryl methyl sites for hydroxylation is 1. The Kier molecular flexibility index (Phi) is 4.62. The van der Waals surface area contributed by atoms with Crippen LogP contribution in [0.2, 0.25) is 0 Å². The Labute approximate surface area is 136 Å². The van der Waals surface area contributed by atoms with E-state index in [4.69, 9.17) is 13.7 Å². The monoisotopic (exact) mass is 331 g/mol. The average molecular weight is 331 g/mol. The Bertz CT molecular complexity index is 808. The predicted molar refractivity (Wildman–Crippen MR) is 87.5 cm³/mol. The highest BCUT2D eigenvalue weighted by atomic mass is 32.2. The molecule has 1 atom stereocenters. The molecule has 2 aromatic heterocycles. The van der Waals surface area contributed by atoms with E-state index in [0.29, 0.717) is 28.7 Å². The molecule has 0 spiro atoms. The number of hydrogen-bond donors (Lipinski definition) is 0. The average Bonchev–Trinajstić information content (AvgIpc) is 3.18. The van der Waals surface area contributed by atoms with Crippen molar-refractivity contribution in [3.05, 3.63) is 59.5 Å². The van der Waals surface area contributed by atoms with Crippen molar-refractivity contribution in [1.29, 1.82) is 0 Å². The Balaban J connectivity index is 1.69. The second-order valence-electron chi connectivity index (χ2n) is 5.20. The van der Waals surface area contributed by atoms with Crippen molar-refractivity contribution in [1.82, 2.24) is 5.16 Å². The van der Waals surface area contributed by atoms with Crippen LogP contribution >= 0.6 is 0 Å². The van der Waals surface area contributed by atoms with E-state index in [-0.39, 0.29) is 0 Å². The summed E-state index contributed by atoms with van der Waals surface area (Å²) in [6.45, 7) is 2.00. The van der Waals surface area contributed by atoms with E-state index in [0.717, 1.165) is 16.9 Å². The molecule has 0 unspecified atom stereocenters. The van der Waals surface area contributed by atoms with E-state index in [1.54, 1.807) is 31.6 Å². The van der Waals surface area contributed by atoms with Crippen molar-refractivity contribution in [2.24, 2.45) is 0 Å². The van der Waals surface area contributed by atoms with Crippen LogP contribution in [0, 0.1) is 6.92 Å². The zero-order chi connectivity index (χ0) is 16.2. The molecule has 0 bridgehead atoms. The van der Waals surface area contributed by atoms with Gasteiger partial charge in [-0.05, 0) is 25.1 Å². The molecule has 0 aliphatic heterocycles. The molecular formula is C17H17NO4S. The molecule has 3 aromatic rings. The van der Waals surface area contributed by atoms with Crippen LogP contribution < -0.4 is 4.74 Å². The van der Waals surface area contributed by atoms with Crippen LogP contribution in [0.25, 0.3) is 11.5 Å². The van der Waals surface area contributed by atoms with Gasteiger partial charge < -0.3 is 13.7 Å². The van der Waals surface area contributed by atoms with Gasteiger partial charge in [-0.15, -0.1) is 0 Å². The molecule has 0 N–H and O–H groups in total. The lowest BCUT2D eigenvalue weighted by Crippen LogP contribution is -2.02. The van der Waals surface area contributed by atoms with Crippen LogP contribution in [-0.4, -0.2) is 16.5 Å². The molecule has 0 saturated carbocycles. The zero-order valence-electron chi connectivity index (χ0n) is 12.9. The molecule has 3 rings (SSSR count). The number of methoxy groups -OCH3 is 1. The van der Waals surface area contributed by atoms with E-state index < -0.39 is 10.8 Å². The first-order valence-corrected chi connectivity index (χ1v) is 8.62. The van der Waals surface area contributed by atoms with E-state index in [1.165, 1.54) is 0 Å². The molecule has 0 fully saturated rings. The number of aromatic nitrogens is 1. The molecule has 1 aromatic carbocycles. The molecule has 0 radical (unpaired) electrons. The predicted octanol–water partition coefficient (Wildman–Crippen LogP) is 3.70. The van der Waals surface area contributed by atoms with Gasteiger partial charge in [0.25, 0.3) is 0 Å². The molecule has 0 saturated heterocycles. The largest absolute Gasteiger partial charge is 0.496 e. The fourth-order valence-corrected chi connectivity index (χ4v) is 3.46. The second-order valence-corrected chi connectivity index (χ2v) is 6.66. The molecule has 120 valence electrons. The summed E-state index contributed by atoms with van der Waals surface area (Å²) in [6.07, 6.45) is 1.57. The molecule has 6 heteroatoms. The van der Waals surface area contributed by atoms with E-state index >= 15 is 0 Å². The van der Waals surface area contributed by atoms with Gasteiger partial charge in [-0.2, -0.15) is 0 Å². The van der Waals surface area contributed by atoms with Gasteiger partial charge in [0.1, 0.15) is 5.75 Å². The highest BCUT2D eigenvalue weighted by Crippen LogP contribution is 2.24. The first kappa shape index (κ1) is 15.6. The van der Waals surface area contributed by atoms with Crippen LogP contribution in [0.4, 0.5) is 0 Å². The summed E-state index contributed by atoms with van der Waals surface area (Å²) in [5.41, 5.74) is 2.68. The van der Waals surface area contributed by atoms with Crippen molar-refractivity contribution in [2.75, 3.05) is 7.11 Å². The third-order valence-corrected chi connectivity index (χ3v) is 4.63. The summed E-state index contributed by atoms with van der Waals surface area (Å²) in [5.74, 6) is 2.63. The summed E-state index contributed by atoms with van der Waals surface area (Å²) >= 11 is 0. The Morgan fingerprint density at radius 2 is 2.04 bits per heavy atom. The number of furan rings is 1. The molecule has 23 heavy (non-hydrogen) atoms. The minimum Gasteiger partial charge on any atom is -0.496 e.